The van der Waals surface area contributed by atoms with E-state index in [2.05, 4.69) is 0 Å². The Morgan fingerprint density at radius 1 is 1.25 bits per heavy atom. The molecule has 1 aromatic rings. The summed E-state index contributed by atoms with van der Waals surface area (Å²) in [5.74, 6) is -2.55. The third-order valence-corrected chi connectivity index (χ3v) is 2.30. The van der Waals surface area contributed by atoms with Crippen LogP contribution < -0.4 is 10.2 Å². The van der Waals surface area contributed by atoms with Crippen molar-refractivity contribution in [3.05, 3.63) is 29.6 Å². The van der Waals surface area contributed by atoms with Gasteiger partial charge in [0, 0.05) is 5.56 Å². The van der Waals surface area contributed by atoms with E-state index in [0.29, 0.717) is 4.90 Å². The van der Waals surface area contributed by atoms with Crippen LogP contribution in [0.2, 0.25) is 0 Å². The molecule has 0 saturated carbocycles. The average Bonchev–Trinajstić information content (AvgIpc) is 2.47. The molecule has 6 heteroatoms. The van der Waals surface area contributed by atoms with E-state index < -0.39 is 23.7 Å². The van der Waals surface area contributed by atoms with E-state index in [4.69, 9.17) is 0 Å². The fraction of sp³-hybridized carbons (Fsp3) is 0.100. The monoisotopic (exact) mass is 222 g/mol. The van der Waals surface area contributed by atoms with Crippen molar-refractivity contribution in [2.75, 3.05) is 4.90 Å². The minimum atomic E-state index is -1.01. The topological polar surface area (TPSA) is 66.5 Å². The molecule has 0 aliphatic carbocycles. The summed E-state index contributed by atoms with van der Waals surface area (Å²) >= 11 is 0. The number of hydrogen-bond acceptors (Lipinski definition) is 3. The first-order valence-corrected chi connectivity index (χ1v) is 4.47. The number of benzene rings is 1. The lowest BCUT2D eigenvalue weighted by atomic mass is 10.1. The highest BCUT2D eigenvalue weighted by atomic mass is 19.1. The Morgan fingerprint density at radius 2 is 1.94 bits per heavy atom. The van der Waals surface area contributed by atoms with Crippen LogP contribution in [0.15, 0.2) is 18.2 Å². The molecule has 1 N–H and O–H groups in total. The lowest BCUT2D eigenvalue weighted by molar-refractivity contribution is -0.134. The molecule has 5 nitrogen and oxygen atoms in total. The first-order valence-electron chi connectivity index (χ1n) is 4.47. The van der Waals surface area contributed by atoms with E-state index >= 15 is 0 Å². The average molecular weight is 222 g/mol. The fourth-order valence-electron chi connectivity index (χ4n) is 1.46. The highest BCUT2D eigenvalue weighted by Crippen LogP contribution is 2.24. The zero-order valence-electron chi connectivity index (χ0n) is 8.28. The number of nitrogens with one attached hydrogen (secondary N) is 1. The Labute approximate surface area is 89.8 Å². The van der Waals surface area contributed by atoms with Crippen molar-refractivity contribution >= 4 is 23.5 Å². The van der Waals surface area contributed by atoms with E-state index in [1.165, 1.54) is 25.1 Å². The van der Waals surface area contributed by atoms with Crippen molar-refractivity contribution < 1.29 is 18.8 Å². The maximum Gasteiger partial charge on any atom is 0.336 e. The molecule has 1 aliphatic heterocycles. The molecule has 1 aliphatic rings. The van der Waals surface area contributed by atoms with Crippen LogP contribution in [-0.4, -0.2) is 17.8 Å². The Hall–Kier alpha value is -2.24. The van der Waals surface area contributed by atoms with Gasteiger partial charge in [-0.05, 0) is 19.1 Å². The van der Waals surface area contributed by atoms with Crippen LogP contribution in [0, 0.1) is 12.7 Å². The lowest BCUT2D eigenvalue weighted by Crippen LogP contribution is -2.31. The Balaban J connectivity index is 2.53. The first kappa shape index (κ1) is 10.3. The molecule has 0 unspecified atom stereocenters. The number of carbonyl (C=O) groups is 3. The molecule has 16 heavy (non-hydrogen) atoms. The van der Waals surface area contributed by atoms with Crippen molar-refractivity contribution in [2.45, 2.75) is 6.92 Å². The fourth-order valence-corrected chi connectivity index (χ4v) is 1.46. The van der Waals surface area contributed by atoms with Crippen LogP contribution in [0.4, 0.5) is 14.9 Å². The highest BCUT2D eigenvalue weighted by Gasteiger charge is 2.38. The highest BCUT2D eigenvalue weighted by molar-refractivity contribution is 6.53. The van der Waals surface area contributed by atoms with Crippen molar-refractivity contribution in [1.29, 1.82) is 0 Å². The molecule has 0 radical (unpaired) electrons. The number of halogens is 1. The normalized spacial score (nSPS) is 15.6. The molecule has 82 valence electrons. The number of urea groups is 1. The van der Waals surface area contributed by atoms with Crippen LogP contribution in [0.1, 0.15) is 5.56 Å². The molecule has 1 heterocycles. The SMILES string of the molecule is Cc1c(F)cccc1N1C(=O)NC(=O)C1=O. The van der Waals surface area contributed by atoms with Gasteiger partial charge < -0.3 is 0 Å². The zero-order chi connectivity index (χ0) is 11.9. The largest absolute Gasteiger partial charge is 0.336 e. The standard InChI is InChI=1S/C10H7FN2O3/c1-5-6(11)3-2-4-7(5)13-9(15)8(14)12-10(13)16/h2-4H,1H3,(H,12,14,16). The minimum Gasteiger partial charge on any atom is -0.269 e. The molecule has 0 aromatic heterocycles. The van der Waals surface area contributed by atoms with Gasteiger partial charge >= 0.3 is 17.8 Å². The van der Waals surface area contributed by atoms with Crippen LogP contribution in [0.25, 0.3) is 0 Å². The van der Waals surface area contributed by atoms with Gasteiger partial charge in [-0.1, -0.05) is 6.07 Å². The van der Waals surface area contributed by atoms with Crippen molar-refractivity contribution in [3.8, 4) is 0 Å². The number of nitrogens with zero attached hydrogens (tertiary/aromatic N) is 1. The van der Waals surface area contributed by atoms with Crippen molar-refractivity contribution in [2.24, 2.45) is 0 Å². The number of carbonyl (C=O) groups excluding carboxylic acids is 3. The molecule has 1 aromatic carbocycles. The molecule has 0 bridgehead atoms. The van der Waals surface area contributed by atoms with Crippen molar-refractivity contribution in [1.82, 2.24) is 5.32 Å². The summed E-state index contributed by atoms with van der Waals surface area (Å²) < 4.78 is 13.2. The summed E-state index contributed by atoms with van der Waals surface area (Å²) in [6, 6.07) is 3.11. The number of hydrogen-bond donors (Lipinski definition) is 1. The van der Waals surface area contributed by atoms with E-state index in [1.54, 1.807) is 0 Å². The minimum absolute atomic E-state index is 0.0772. The van der Waals surface area contributed by atoms with E-state index in [9.17, 15) is 18.8 Å². The molecular weight excluding hydrogens is 215 g/mol. The van der Waals surface area contributed by atoms with Gasteiger partial charge in [-0.2, -0.15) is 0 Å². The first-order chi connectivity index (χ1) is 7.52. The second-order valence-electron chi connectivity index (χ2n) is 3.28. The third-order valence-electron chi connectivity index (χ3n) is 2.30. The van der Waals surface area contributed by atoms with Crippen molar-refractivity contribution in [3.63, 3.8) is 0 Å². The Bertz CT molecular complexity index is 513. The summed E-state index contributed by atoms with van der Waals surface area (Å²) in [7, 11) is 0. The van der Waals surface area contributed by atoms with Crippen LogP contribution in [0.5, 0.6) is 0 Å². The maximum atomic E-state index is 13.2. The number of rotatable bonds is 1. The van der Waals surface area contributed by atoms with Gasteiger partial charge in [-0.3, -0.25) is 14.9 Å². The van der Waals surface area contributed by atoms with E-state index in [-0.39, 0.29) is 11.3 Å². The molecular formula is C10H7FN2O3. The van der Waals surface area contributed by atoms with E-state index in [1.807, 2.05) is 5.32 Å². The van der Waals surface area contributed by atoms with E-state index in [0.717, 1.165) is 0 Å². The smallest absolute Gasteiger partial charge is 0.269 e. The molecule has 1 fully saturated rings. The lowest BCUT2D eigenvalue weighted by Gasteiger charge is -2.14. The predicted molar refractivity (Wildman–Crippen MR) is 52.2 cm³/mol. The predicted octanol–water partition coefficient (Wildman–Crippen LogP) is 0.717. The quantitative estimate of drug-likeness (QED) is 0.562. The third kappa shape index (κ3) is 1.35. The number of amides is 4. The number of anilines is 1. The van der Waals surface area contributed by atoms with Gasteiger partial charge in [0.15, 0.2) is 0 Å². The summed E-state index contributed by atoms with van der Waals surface area (Å²) in [6.45, 7) is 1.42. The zero-order valence-corrected chi connectivity index (χ0v) is 8.28. The van der Waals surface area contributed by atoms with Gasteiger partial charge in [0.2, 0.25) is 0 Å². The molecule has 2 rings (SSSR count). The summed E-state index contributed by atoms with van der Waals surface area (Å²) in [5.41, 5.74) is 0.217. The van der Waals surface area contributed by atoms with Gasteiger partial charge in [0.05, 0.1) is 5.69 Å². The summed E-state index contributed by atoms with van der Waals surface area (Å²) in [4.78, 5) is 34.2. The van der Waals surface area contributed by atoms with Crippen LogP contribution in [0.3, 0.4) is 0 Å². The molecule has 0 spiro atoms. The van der Waals surface area contributed by atoms with Gasteiger partial charge in [-0.25, -0.2) is 14.1 Å². The summed E-state index contributed by atoms with van der Waals surface area (Å²) in [6.07, 6.45) is 0. The summed E-state index contributed by atoms with van der Waals surface area (Å²) in [5, 5.41) is 1.84. The second kappa shape index (κ2) is 3.41. The molecule has 4 amide bonds. The molecule has 1 saturated heterocycles. The van der Waals surface area contributed by atoms with Gasteiger partial charge in [0.25, 0.3) is 0 Å². The van der Waals surface area contributed by atoms with Crippen LogP contribution in [-0.2, 0) is 9.59 Å². The second-order valence-corrected chi connectivity index (χ2v) is 3.28. The number of imide groups is 2. The van der Waals surface area contributed by atoms with Gasteiger partial charge in [-0.15, -0.1) is 0 Å². The van der Waals surface area contributed by atoms with Gasteiger partial charge in [0.1, 0.15) is 5.82 Å². The Kier molecular flexibility index (Phi) is 2.19. The maximum absolute atomic E-state index is 13.2. The Morgan fingerprint density at radius 3 is 2.50 bits per heavy atom. The molecule has 0 atom stereocenters. The van der Waals surface area contributed by atoms with Crippen LogP contribution >= 0.6 is 0 Å².